The second-order valence-corrected chi connectivity index (χ2v) is 7.39. The van der Waals surface area contributed by atoms with Gasteiger partial charge in [-0.05, 0) is 27.7 Å². The summed E-state index contributed by atoms with van der Waals surface area (Å²) in [5.41, 5.74) is -1.76. The van der Waals surface area contributed by atoms with Gasteiger partial charge >= 0.3 is 6.09 Å². The molecule has 1 unspecified atom stereocenters. The van der Waals surface area contributed by atoms with Gasteiger partial charge in [0.05, 0.1) is 6.26 Å². The fourth-order valence-electron chi connectivity index (χ4n) is 1.70. The van der Waals surface area contributed by atoms with Crippen molar-refractivity contribution in [2.75, 3.05) is 6.26 Å². The zero-order valence-electron chi connectivity index (χ0n) is 12.8. The minimum Gasteiger partial charge on any atom is -0.444 e. The SMILES string of the molecule is CC(C)(C)OC(=O)NC(C)(OS(C)(=O)=O)c1ccccc1. The lowest BCUT2D eigenvalue weighted by Gasteiger charge is -2.31. The van der Waals surface area contributed by atoms with E-state index >= 15 is 0 Å². The smallest absolute Gasteiger partial charge is 0.410 e. The van der Waals surface area contributed by atoms with Crippen LogP contribution in [0, 0.1) is 0 Å². The lowest BCUT2D eigenvalue weighted by Crippen LogP contribution is -2.48. The maximum atomic E-state index is 11.9. The van der Waals surface area contributed by atoms with E-state index in [1.165, 1.54) is 6.92 Å². The van der Waals surface area contributed by atoms with Crippen molar-refractivity contribution in [2.24, 2.45) is 0 Å². The lowest BCUT2D eigenvalue weighted by molar-refractivity contribution is 0.0128. The molecule has 1 rings (SSSR count). The van der Waals surface area contributed by atoms with Gasteiger partial charge in [0, 0.05) is 5.56 Å². The number of rotatable bonds is 4. The summed E-state index contributed by atoms with van der Waals surface area (Å²) < 4.78 is 33.1. The number of benzene rings is 1. The monoisotopic (exact) mass is 315 g/mol. The van der Waals surface area contributed by atoms with E-state index in [1.54, 1.807) is 51.1 Å². The molecule has 21 heavy (non-hydrogen) atoms. The van der Waals surface area contributed by atoms with Gasteiger partial charge in [-0.25, -0.2) is 8.98 Å². The van der Waals surface area contributed by atoms with Crippen LogP contribution >= 0.6 is 0 Å². The Morgan fingerprint density at radius 3 is 2.05 bits per heavy atom. The number of alkyl carbamates (subject to hydrolysis) is 1. The fourth-order valence-corrected chi connectivity index (χ4v) is 2.44. The van der Waals surface area contributed by atoms with E-state index < -0.39 is 27.5 Å². The summed E-state index contributed by atoms with van der Waals surface area (Å²) >= 11 is 0. The zero-order chi connectivity index (χ0) is 16.3. The van der Waals surface area contributed by atoms with Crippen molar-refractivity contribution in [3.63, 3.8) is 0 Å². The Bertz CT molecular complexity index is 592. The molecular formula is C14H21NO5S. The molecule has 0 spiro atoms. The van der Waals surface area contributed by atoms with Crippen LogP contribution in [0.15, 0.2) is 30.3 Å². The number of hydrogen-bond acceptors (Lipinski definition) is 5. The predicted octanol–water partition coefficient (Wildman–Crippen LogP) is 2.36. The first kappa shape index (κ1) is 17.5. The second-order valence-electron chi connectivity index (χ2n) is 5.81. The van der Waals surface area contributed by atoms with Gasteiger partial charge in [0.25, 0.3) is 10.1 Å². The van der Waals surface area contributed by atoms with Gasteiger partial charge in [-0.3, -0.25) is 5.32 Å². The molecule has 0 aromatic heterocycles. The summed E-state index contributed by atoms with van der Waals surface area (Å²) in [4.78, 5) is 11.9. The van der Waals surface area contributed by atoms with E-state index in [9.17, 15) is 13.2 Å². The third-order valence-electron chi connectivity index (χ3n) is 2.38. The third kappa shape index (κ3) is 6.14. The van der Waals surface area contributed by atoms with Crippen LogP contribution in [-0.2, 0) is 24.8 Å². The Labute approximate surface area is 125 Å². The van der Waals surface area contributed by atoms with E-state index in [0.717, 1.165) is 6.26 Å². The van der Waals surface area contributed by atoms with Crippen LogP contribution in [0.25, 0.3) is 0 Å². The summed E-state index contributed by atoms with van der Waals surface area (Å²) in [5, 5.41) is 2.46. The number of ether oxygens (including phenoxy) is 1. The third-order valence-corrected chi connectivity index (χ3v) is 3.02. The van der Waals surface area contributed by atoms with Crippen molar-refractivity contribution < 1.29 is 22.1 Å². The quantitative estimate of drug-likeness (QED) is 0.681. The number of carbonyl (C=O) groups is 1. The van der Waals surface area contributed by atoms with Gasteiger partial charge < -0.3 is 4.74 Å². The normalized spacial score (nSPS) is 15.1. The minimum atomic E-state index is -3.79. The van der Waals surface area contributed by atoms with Gasteiger partial charge in [-0.1, -0.05) is 30.3 Å². The molecule has 0 aliphatic rings. The molecule has 1 amide bonds. The predicted molar refractivity (Wildman–Crippen MR) is 79.1 cm³/mol. The van der Waals surface area contributed by atoms with Crippen molar-refractivity contribution in [1.29, 1.82) is 0 Å². The number of hydrogen-bond donors (Lipinski definition) is 1. The zero-order valence-corrected chi connectivity index (χ0v) is 13.7. The van der Waals surface area contributed by atoms with Gasteiger partial charge in [-0.15, -0.1) is 0 Å². The van der Waals surface area contributed by atoms with Crippen molar-refractivity contribution in [1.82, 2.24) is 5.32 Å². The molecule has 118 valence electrons. The Balaban J connectivity index is 3.07. The van der Waals surface area contributed by atoms with Crippen LogP contribution in [0.3, 0.4) is 0 Å². The summed E-state index contributed by atoms with van der Waals surface area (Å²) in [6, 6.07) is 8.52. The van der Waals surface area contributed by atoms with E-state index in [2.05, 4.69) is 5.32 Å². The van der Waals surface area contributed by atoms with E-state index in [4.69, 9.17) is 8.92 Å². The summed E-state index contributed by atoms with van der Waals surface area (Å²) in [5.74, 6) is 0. The largest absolute Gasteiger partial charge is 0.444 e. The molecule has 7 heteroatoms. The van der Waals surface area contributed by atoms with E-state index in [0.29, 0.717) is 5.56 Å². The molecule has 0 saturated carbocycles. The summed E-state index contributed by atoms with van der Waals surface area (Å²) in [6.07, 6.45) is 0.155. The highest BCUT2D eigenvalue weighted by molar-refractivity contribution is 7.86. The van der Waals surface area contributed by atoms with Crippen LogP contribution in [0.2, 0.25) is 0 Å². The maximum Gasteiger partial charge on any atom is 0.410 e. The van der Waals surface area contributed by atoms with Crippen LogP contribution in [0.5, 0.6) is 0 Å². The van der Waals surface area contributed by atoms with Crippen molar-refractivity contribution in [3.8, 4) is 0 Å². The topological polar surface area (TPSA) is 81.7 Å². The van der Waals surface area contributed by atoms with Gasteiger partial charge in [-0.2, -0.15) is 8.42 Å². The highest BCUT2D eigenvalue weighted by Crippen LogP contribution is 2.24. The lowest BCUT2D eigenvalue weighted by atomic mass is 10.1. The first-order valence-corrected chi connectivity index (χ1v) is 8.20. The molecule has 6 nitrogen and oxygen atoms in total. The van der Waals surface area contributed by atoms with E-state index in [1.807, 2.05) is 0 Å². The minimum absolute atomic E-state index is 0.487. The molecule has 1 atom stereocenters. The first-order chi connectivity index (χ1) is 9.41. The summed E-state index contributed by atoms with van der Waals surface area (Å²) in [6.45, 7) is 6.59. The van der Waals surface area contributed by atoms with Crippen molar-refractivity contribution in [2.45, 2.75) is 39.0 Å². The molecule has 0 saturated heterocycles. The van der Waals surface area contributed by atoms with Crippen LogP contribution in [-0.4, -0.2) is 26.4 Å². The molecule has 0 aliphatic carbocycles. The Kier molecular flexibility index (Phi) is 5.01. The first-order valence-electron chi connectivity index (χ1n) is 6.39. The molecule has 0 radical (unpaired) electrons. The van der Waals surface area contributed by atoms with Crippen molar-refractivity contribution in [3.05, 3.63) is 35.9 Å². The maximum absolute atomic E-state index is 11.9. The van der Waals surface area contributed by atoms with E-state index in [-0.39, 0.29) is 0 Å². The molecule has 0 aliphatic heterocycles. The van der Waals surface area contributed by atoms with Crippen LogP contribution in [0.1, 0.15) is 33.3 Å². The Morgan fingerprint density at radius 1 is 1.10 bits per heavy atom. The standard InChI is InChI=1S/C14H21NO5S/c1-13(2,3)19-12(16)15-14(4,20-21(5,17)18)11-9-7-6-8-10-11/h6-10H,1-5H3,(H,15,16). The van der Waals surface area contributed by atoms with Gasteiger partial charge in [0.2, 0.25) is 0 Å². The Morgan fingerprint density at radius 2 is 1.62 bits per heavy atom. The summed E-state index contributed by atoms with van der Waals surface area (Å²) in [7, 11) is -3.79. The second kappa shape index (κ2) is 6.03. The molecule has 1 N–H and O–H groups in total. The molecule has 0 fully saturated rings. The Hall–Kier alpha value is -1.60. The average molecular weight is 315 g/mol. The van der Waals surface area contributed by atoms with Gasteiger partial charge in [0.1, 0.15) is 5.60 Å². The highest BCUT2D eigenvalue weighted by atomic mass is 32.2. The van der Waals surface area contributed by atoms with Crippen LogP contribution in [0.4, 0.5) is 4.79 Å². The molecular weight excluding hydrogens is 294 g/mol. The number of amides is 1. The molecule has 0 heterocycles. The number of nitrogens with one attached hydrogen (secondary N) is 1. The number of carbonyl (C=O) groups excluding carboxylic acids is 1. The van der Waals surface area contributed by atoms with Crippen LogP contribution < -0.4 is 5.32 Å². The molecule has 1 aromatic carbocycles. The molecule has 1 aromatic rings. The van der Waals surface area contributed by atoms with Crippen molar-refractivity contribution >= 4 is 16.2 Å². The highest BCUT2D eigenvalue weighted by Gasteiger charge is 2.35. The van der Waals surface area contributed by atoms with Gasteiger partial charge in [0.15, 0.2) is 5.72 Å². The fraction of sp³-hybridized carbons (Fsp3) is 0.500. The average Bonchev–Trinajstić information content (AvgIpc) is 2.24. The molecule has 0 bridgehead atoms.